The number of carbonyl (C=O) groups excluding carboxylic acids is 2. The molecule has 2 N–H and O–H groups in total. The van der Waals surface area contributed by atoms with E-state index in [-0.39, 0.29) is 17.6 Å². The monoisotopic (exact) mass is 485 g/mol. The van der Waals surface area contributed by atoms with Gasteiger partial charge in [-0.05, 0) is 31.2 Å². The molecular weight excluding hydrogens is 462 g/mol. The summed E-state index contributed by atoms with van der Waals surface area (Å²) in [6.07, 6.45) is 1.70. The number of benzene rings is 2. The summed E-state index contributed by atoms with van der Waals surface area (Å²) in [7, 11) is 1.57. The summed E-state index contributed by atoms with van der Waals surface area (Å²) in [4.78, 5) is 25.0. The summed E-state index contributed by atoms with van der Waals surface area (Å²) < 4.78 is 6.98. The molecule has 1 aromatic heterocycles. The molecule has 0 fully saturated rings. The Morgan fingerprint density at radius 1 is 1.24 bits per heavy atom. The van der Waals surface area contributed by atoms with Crippen molar-refractivity contribution < 1.29 is 14.3 Å². The number of rotatable bonds is 10. The first kappa shape index (κ1) is 24.3. The van der Waals surface area contributed by atoms with Crippen molar-refractivity contribution in [3.05, 3.63) is 77.6 Å². The zero-order chi connectivity index (χ0) is 23.8. The maximum absolute atomic E-state index is 12.6. The van der Waals surface area contributed by atoms with Gasteiger partial charge in [0.1, 0.15) is 5.75 Å². The van der Waals surface area contributed by atoms with E-state index in [4.69, 9.17) is 16.3 Å². The van der Waals surface area contributed by atoms with Gasteiger partial charge in [0.25, 0.3) is 5.91 Å². The quantitative estimate of drug-likeness (QED) is 0.327. The van der Waals surface area contributed by atoms with Crippen LogP contribution in [0.1, 0.15) is 29.1 Å². The Morgan fingerprint density at radius 2 is 2.03 bits per heavy atom. The molecule has 3 rings (SSSR count). The molecular formula is C23H24ClN5O3S. The number of thioether (sulfide) groups is 1. The lowest BCUT2D eigenvalue weighted by atomic mass is 10.2. The van der Waals surface area contributed by atoms with E-state index >= 15 is 0 Å². The van der Waals surface area contributed by atoms with Gasteiger partial charge in [-0.15, -0.1) is 16.8 Å². The Balaban J connectivity index is 1.67. The van der Waals surface area contributed by atoms with E-state index in [1.807, 2.05) is 11.5 Å². The van der Waals surface area contributed by atoms with Crippen LogP contribution in [-0.2, 0) is 11.3 Å². The Morgan fingerprint density at radius 3 is 2.76 bits per heavy atom. The third kappa shape index (κ3) is 6.36. The van der Waals surface area contributed by atoms with Gasteiger partial charge in [-0.3, -0.25) is 9.59 Å². The zero-order valence-corrected chi connectivity index (χ0v) is 19.8. The zero-order valence-electron chi connectivity index (χ0n) is 18.2. The molecule has 0 saturated carbocycles. The fraction of sp³-hybridized carbons (Fsp3) is 0.217. The van der Waals surface area contributed by atoms with Crippen LogP contribution < -0.4 is 15.4 Å². The number of ether oxygens (including phenoxy) is 1. The Hall–Kier alpha value is -3.30. The number of methoxy groups -OCH3 is 1. The third-order valence-electron chi connectivity index (χ3n) is 4.60. The number of anilines is 1. The standard InChI is InChI=1S/C23H24ClN5O3S/c1-4-12-29-21(15(2)25-22(31)18-10-5-6-11-19(18)24)27-28-23(29)33-14-20(30)26-16-8-7-9-17(13-16)32-3/h4-11,13,15H,1,12,14H2,2-3H3,(H,25,31)(H,26,30)/t15-/m0/s1. The van der Waals surface area contributed by atoms with Crippen LogP contribution in [0.3, 0.4) is 0 Å². The van der Waals surface area contributed by atoms with Crippen molar-refractivity contribution in [1.29, 1.82) is 0 Å². The normalized spacial score (nSPS) is 11.5. The molecule has 0 aliphatic rings. The number of aromatic nitrogens is 3. The minimum Gasteiger partial charge on any atom is -0.497 e. The molecule has 0 unspecified atom stereocenters. The van der Waals surface area contributed by atoms with E-state index in [1.165, 1.54) is 11.8 Å². The first-order valence-corrected chi connectivity index (χ1v) is 11.5. The van der Waals surface area contributed by atoms with Crippen LogP contribution in [0.5, 0.6) is 5.75 Å². The van der Waals surface area contributed by atoms with Gasteiger partial charge in [-0.1, -0.05) is 47.6 Å². The van der Waals surface area contributed by atoms with Gasteiger partial charge in [0.05, 0.1) is 29.5 Å². The summed E-state index contributed by atoms with van der Waals surface area (Å²) in [6.45, 7) is 6.02. The molecule has 8 nitrogen and oxygen atoms in total. The summed E-state index contributed by atoms with van der Waals surface area (Å²) in [5.41, 5.74) is 1.02. The van der Waals surface area contributed by atoms with Gasteiger partial charge in [-0.2, -0.15) is 0 Å². The predicted octanol–water partition coefficient (Wildman–Crippen LogP) is 4.35. The number of hydrogen-bond donors (Lipinski definition) is 2. The predicted molar refractivity (Wildman–Crippen MR) is 130 cm³/mol. The molecule has 0 aliphatic carbocycles. The van der Waals surface area contributed by atoms with Crippen molar-refractivity contribution in [2.24, 2.45) is 0 Å². The van der Waals surface area contributed by atoms with Crippen molar-refractivity contribution in [1.82, 2.24) is 20.1 Å². The molecule has 10 heteroatoms. The van der Waals surface area contributed by atoms with Gasteiger partial charge in [0, 0.05) is 18.3 Å². The van der Waals surface area contributed by atoms with Gasteiger partial charge in [0.2, 0.25) is 5.91 Å². The third-order valence-corrected chi connectivity index (χ3v) is 5.89. The van der Waals surface area contributed by atoms with E-state index in [0.717, 1.165) is 0 Å². The Kier molecular flexibility index (Phi) is 8.51. The number of nitrogens with zero attached hydrogens (tertiary/aromatic N) is 3. The fourth-order valence-electron chi connectivity index (χ4n) is 3.04. The molecule has 2 amide bonds. The van der Waals surface area contributed by atoms with Gasteiger partial charge < -0.3 is 19.9 Å². The lowest BCUT2D eigenvalue weighted by Crippen LogP contribution is -2.29. The van der Waals surface area contributed by atoms with E-state index in [9.17, 15) is 9.59 Å². The molecule has 0 aliphatic heterocycles. The largest absolute Gasteiger partial charge is 0.497 e. The van der Waals surface area contributed by atoms with Crippen molar-refractivity contribution in [3.8, 4) is 5.75 Å². The molecule has 0 saturated heterocycles. The Bertz CT molecular complexity index is 1150. The van der Waals surface area contributed by atoms with Crippen LogP contribution in [0.15, 0.2) is 66.3 Å². The minimum absolute atomic E-state index is 0.132. The molecule has 0 bridgehead atoms. The summed E-state index contributed by atoms with van der Waals surface area (Å²) in [6, 6.07) is 13.5. The van der Waals surface area contributed by atoms with E-state index < -0.39 is 6.04 Å². The summed E-state index contributed by atoms with van der Waals surface area (Å²) >= 11 is 7.37. The molecule has 172 valence electrons. The fourth-order valence-corrected chi connectivity index (χ4v) is 4.02. The second-order valence-corrected chi connectivity index (χ2v) is 8.33. The molecule has 33 heavy (non-hydrogen) atoms. The van der Waals surface area contributed by atoms with E-state index in [2.05, 4.69) is 27.4 Å². The number of nitrogens with one attached hydrogen (secondary N) is 2. The number of amides is 2. The molecule has 0 radical (unpaired) electrons. The number of carbonyl (C=O) groups is 2. The molecule has 1 atom stereocenters. The molecule has 0 spiro atoms. The van der Waals surface area contributed by atoms with Gasteiger partial charge >= 0.3 is 0 Å². The van der Waals surface area contributed by atoms with Crippen molar-refractivity contribution >= 4 is 40.9 Å². The van der Waals surface area contributed by atoms with Crippen molar-refractivity contribution in [2.75, 3.05) is 18.2 Å². The summed E-state index contributed by atoms with van der Waals surface area (Å²) in [5.74, 6) is 0.832. The van der Waals surface area contributed by atoms with Crippen LogP contribution in [-0.4, -0.2) is 39.4 Å². The van der Waals surface area contributed by atoms with Crippen LogP contribution in [0.4, 0.5) is 5.69 Å². The van der Waals surface area contributed by atoms with Gasteiger partial charge in [0.15, 0.2) is 11.0 Å². The van der Waals surface area contributed by atoms with Crippen molar-refractivity contribution in [3.63, 3.8) is 0 Å². The van der Waals surface area contributed by atoms with Crippen LogP contribution in [0.2, 0.25) is 5.02 Å². The first-order valence-electron chi connectivity index (χ1n) is 10.1. The highest BCUT2D eigenvalue weighted by Crippen LogP contribution is 2.23. The molecule has 3 aromatic rings. The number of halogens is 1. The van der Waals surface area contributed by atoms with Gasteiger partial charge in [-0.25, -0.2) is 0 Å². The van der Waals surface area contributed by atoms with E-state index in [0.29, 0.717) is 39.5 Å². The average molecular weight is 486 g/mol. The maximum Gasteiger partial charge on any atom is 0.253 e. The highest BCUT2D eigenvalue weighted by Gasteiger charge is 2.21. The minimum atomic E-state index is -0.443. The average Bonchev–Trinajstić information content (AvgIpc) is 3.21. The highest BCUT2D eigenvalue weighted by atomic mass is 35.5. The van der Waals surface area contributed by atoms with Crippen LogP contribution in [0, 0.1) is 0 Å². The maximum atomic E-state index is 12.6. The smallest absolute Gasteiger partial charge is 0.253 e. The summed E-state index contributed by atoms with van der Waals surface area (Å²) in [5, 5.41) is 15.1. The topological polar surface area (TPSA) is 98.1 Å². The number of hydrogen-bond acceptors (Lipinski definition) is 6. The number of allylic oxidation sites excluding steroid dienone is 1. The Labute approximate surface area is 201 Å². The lowest BCUT2D eigenvalue weighted by Gasteiger charge is -2.15. The first-order chi connectivity index (χ1) is 15.9. The molecule has 1 heterocycles. The second-order valence-electron chi connectivity index (χ2n) is 6.98. The van der Waals surface area contributed by atoms with Crippen molar-refractivity contribution in [2.45, 2.75) is 24.7 Å². The van der Waals surface area contributed by atoms with E-state index in [1.54, 1.807) is 61.7 Å². The van der Waals surface area contributed by atoms with Crippen LogP contribution >= 0.6 is 23.4 Å². The van der Waals surface area contributed by atoms with Crippen LogP contribution in [0.25, 0.3) is 0 Å². The molecule has 2 aromatic carbocycles. The second kappa shape index (κ2) is 11.5. The SMILES string of the molecule is C=CCn1c(SCC(=O)Nc2cccc(OC)c2)nnc1[C@H](C)NC(=O)c1ccccc1Cl. The highest BCUT2D eigenvalue weighted by molar-refractivity contribution is 7.99. The lowest BCUT2D eigenvalue weighted by molar-refractivity contribution is -0.113.